The van der Waals surface area contributed by atoms with Crippen LogP contribution in [0.3, 0.4) is 0 Å². The molecule has 1 saturated heterocycles. The molecule has 1 aliphatic heterocycles. The molecule has 0 radical (unpaired) electrons. The summed E-state index contributed by atoms with van der Waals surface area (Å²) in [7, 11) is -3.59. The standard InChI is InChI=1S/C28H30N4O3S2/c1-2-21-10-9-12-25-26(21)30-28(36-25)32(20-23-11-5-6-17-29-23)27(33)22-13-15-24(16-14-22)37(34,35)31-18-7-3-4-8-19-31/h5-6,9-17H,2-4,7-8,18-20H2,1H3. The molecule has 192 valence electrons. The third kappa shape index (κ3) is 5.44. The molecule has 1 fully saturated rings. The second kappa shape index (κ2) is 11.1. The number of benzene rings is 2. The summed E-state index contributed by atoms with van der Waals surface area (Å²) in [6.07, 6.45) is 6.41. The zero-order valence-electron chi connectivity index (χ0n) is 20.8. The van der Waals surface area contributed by atoms with Gasteiger partial charge in [0, 0.05) is 24.8 Å². The maximum absolute atomic E-state index is 13.8. The highest BCUT2D eigenvalue weighted by Crippen LogP contribution is 2.33. The van der Waals surface area contributed by atoms with Crippen LogP contribution in [0.15, 0.2) is 71.8 Å². The van der Waals surface area contributed by atoms with Crippen LogP contribution in [0.2, 0.25) is 0 Å². The number of aromatic nitrogens is 2. The van der Waals surface area contributed by atoms with E-state index in [9.17, 15) is 13.2 Å². The van der Waals surface area contributed by atoms with Crippen LogP contribution in [-0.2, 0) is 23.0 Å². The third-order valence-corrected chi connectivity index (χ3v) is 9.66. The minimum atomic E-state index is -3.59. The third-order valence-electron chi connectivity index (χ3n) is 6.70. The Morgan fingerprint density at radius 2 is 1.73 bits per heavy atom. The lowest BCUT2D eigenvalue weighted by molar-refractivity contribution is 0.0984. The van der Waals surface area contributed by atoms with Crippen molar-refractivity contribution in [2.75, 3.05) is 18.0 Å². The van der Waals surface area contributed by atoms with Crippen molar-refractivity contribution in [3.8, 4) is 0 Å². The lowest BCUT2D eigenvalue weighted by Gasteiger charge is -2.21. The number of hydrogen-bond acceptors (Lipinski definition) is 6. The van der Waals surface area contributed by atoms with Crippen LogP contribution in [0.25, 0.3) is 10.2 Å². The number of amides is 1. The highest BCUT2D eigenvalue weighted by molar-refractivity contribution is 7.89. The molecule has 1 aliphatic rings. The van der Waals surface area contributed by atoms with Crippen molar-refractivity contribution in [3.63, 3.8) is 0 Å². The van der Waals surface area contributed by atoms with Crippen molar-refractivity contribution in [1.82, 2.24) is 14.3 Å². The highest BCUT2D eigenvalue weighted by atomic mass is 32.2. The first-order chi connectivity index (χ1) is 18.0. The molecular weight excluding hydrogens is 504 g/mol. The number of pyridine rings is 1. The number of sulfonamides is 1. The topological polar surface area (TPSA) is 83.5 Å². The summed E-state index contributed by atoms with van der Waals surface area (Å²) in [5.41, 5.74) is 3.18. The zero-order valence-corrected chi connectivity index (χ0v) is 22.5. The number of carbonyl (C=O) groups excluding carboxylic acids is 1. The summed E-state index contributed by atoms with van der Waals surface area (Å²) in [5, 5.41) is 0.591. The number of carbonyl (C=O) groups is 1. The lowest BCUT2D eigenvalue weighted by Crippen LogP contribution is -2.32. The molecule has 0 N–H and O–H groups in total. The van der Waals surface area contributed by atoms with E-state index in [2.05, 4.69) is 18.0 Å². The van der Waals surface area contributed by atoms with E-state index in [1.54, 1.807) is 39.7 Å². The number of hydrogen-bond donors (Lipinski definition) is 0. The molecule has 0 spiro atoms. The van der Waals surface area contributed by atoms with Gasteiger partial charge in [-0.05, 0) is 67.3 Å². The molecule has 5 rings (SSSR count). The Hall–Kier alpha value is -3.14. The predicted molar refractivity (Wildman–Crippen MR) is 147 cm³/mol. The van der Waals surface area contributed by atoms with Crippen molar-refractivity contribution in [2.45, 2.75) is 50.5 Å². The van der Waals surface area contributed by atoms with E-state index in [1.165, 1.54) is 11.3 Å². The number of thiazole rings is 1. The van der Waals surface area contributed by atoms with Crippen LogP contribution >= 0.6 is 11.3 Å². The van der Waals surface area contributed by atoms with Gasteiger partial charge in [-0.3, -0.25) is 14.7 Å². The summed E-state index contributed by atoms with van der Waals surface area (Å²) in [4.78, 5) is 24.9. The van der Waals surface area contributed by atoms with Crippen molar-refractivity contribution in [2.24, 2.45) is 0 Å². The number of para-hydroxylation sites is 1. The molecule has 9 heteroatoms. The van der Waals surface area contributed by atoms with Gasteiger partial charge in [-0.2, -0.15) is 4.31 Å². The van der Waals surface area contributed by atoms with Crippen molar-refractivity contribution < 1.29 is 13.2 Å². The molecule has 1 amide bonds. The van der Waals surface area contributed by atoms with Gasteiger partial charge in [-0.1, -0.05) is 49.3 Å². The Morgan fingerprint density at radius 3 is 2.41 bits per heavy atom. The molecular formula is C28H30N4O3S2. The summed E-state index contributed by atoms with van der Waals surface area (Å²) in [6, 6.07) is 18.0. The fraction of sp³-hybridized carbons (Fsp3) is 0.321. The quantitative estimate of drug-likeness (QED) is 0.305. The van der Waals surface area contributed by atoms with E-state index in [0.29, 0.717) is 23.8 Å². The molecule has 7 nitrogen and oxygen atoms in total. The molecule has 0 saturated carbocycles. The van der Waals surface area contributed by atoms with E-state index in [4.69, 9.17) is 4.98 Å². The Balaban J connectivity index is 1.47. The second-order valence-corrected chi connectivity index (χ2v) is 12.1. The molecule has 0 atom stereocenters. The summed E-state index contributed by atoms with van der Waals surface area (Å²) >= 11 is 1.47. The van der Waals surface area contributed by atoms with Crippen LogP contribution in [-0.4, -0.2) is 41.7 Å². The summed E-state index contributed by atoms with van der Waals surface area (Å²) in [5.74, 6) is -0.249. The van der Waals surface area contributed by atoms with E-state index < -0.39 is 10.0 Å². The number of fused-ring (bicyclic) bond motifs is 1. The fourth-order valence-electron chi connectivity index (χ4n) is 4.63. The van der Waals surface area contributed by atoms with E-state index >= 15 is 0 Å². The first-order valence-corrected chi connectivity index (χ1v) is 14.9. The smallest absolute Gasteiger partial charge is 0.260 e. The monoisotopic (exact) mass is 534 g/mol. The number of nitrogens with zero attached hydrogens (tertiary/aromatic N) is 4. The Morgan fingerprint density at radius 1 is 0.973 bits per heavy atom. The van der Waals surface area contributed by atoms with Gasteiger partial charge in [0.2, 0.25) is 10.0 Å². The minimum Gasteiger partial charge on any atom is -0.278 e. The van der Waals surface area contributed by atoms with Gasteiger partial charge >= 0.3 is 0 Å². The minimum absolute atomic E-state index is 0.217. The number of aryl methyl sites for hydroxylation is 1. The number of anilines is 1. The van der Waals surface area contributed by atoms with Gasteiger partial charge in [-0.15, -0.1) is 0 Å². The average Bonchev–Trinajstić information content (AvgIpc) is 3.16. The highest BCUT2D eigenvalue weighted by Gasteiger charge is 2.27. The largest absolute Gasteiger partial charge is 0.278 e. The molecule has 0 unspecified atom stereocenters. The lowest BCUT2D eigenvalue weighted by atomic mass is 10.1. The van der Waals surface area contributed by atoms with Crippen molar-refractivity contribution in [1.29, 1.82) is 0 Å². The van der Waals surface area contributed by atoms with Gasteiger partial charge in [0.25, 0.3) is 5.91 Å². The molecule has 0 aliphatic carbocycles. The van der Waals surface area contributed by atoms with Crippen LogP contribution in [0.1, 0.15) is 54.2 Å². The number of rotatable bonds is 7. The maximum Gasteiger partial charge on any atom is 0.260 e. The van der Waals surface area contributed by atoms with Crippen LogP contribution in [0.4, 0.5) is 5.13 Å². The fourth-order valence-corrected chi connectivity index (χ4v) is 7.16. The average molecular weight is 535 g/mol. The molecule has 3 heterocycles. The van der Waals surface area contributed by atoms with Crippen molar-refractivity contribution >= 4 is 42.6 Å². The van der Waals surface area contributed by atoms with Crippen LogP contribution in [0, 0.1) is 0 Å². The van der Waals surface area contributed by atoms with Crippen molar-refractivity contribution in [3.05, 3.63) is 83.7 Å². The van der Waals surface area contributed by atoms with E-state index in [0.717, 1.165) is 53.6 Å². The Bertz CT molecular complexity index is 1480. The second-order valence-electron chi connectivity index (χ2n) is 9.17. The Kier molecular flexibility index (Phi) is 7.64. The van der Waals surface area contributed by atoms with Gasteiger partial charge < -0.3 is 0 Å². The SMILES string of the molecule is CCc1cccc2sc(N(Cc3ccccn3)C(=O)c3ccc(S(=O)(=O)N4CCCCCC4)cc3)nc12. The van der Waals surface area contributed by atoms with Gasteiger partial charge in [0.15, 0.2) is 5.13 Å². The normalized spacial score (nSPS) is 14.9. The molecule has 37 heavy (non-hydrogen) atoms. The molecule has 4 aromatic rings. The molecule has 2 aromatic carbocycles. The summed E-state index contributed by atoms with van der Waals surface area (Å²) in [6.45, 7) is 3.43. The zero-order chi connectivity index (χ0) is 25.8. The van der Waals surface area contributed by atoms with Crippen LogP contribution < -0.4 is 4.90 Å². The summed E-state index contributed by atoms with van der Waals surface area (Å²) < 4.78 is 29.0. The molecule has 2 aromatic heterocycles. The maximum atomic E-state index is 13.8. The van der Waals surface area contributed by atoms with E-state index in [1.807, 2.05) is 30.3 Å². The predicted octanol–water partition coefficient (Wildman–Crippen LogP) is 5.67. The Labute approximate surface area is 221 Å². The van der Waals surface area contributed by atoms with E-state index in [-0.39, 0.29) is 17.3 Å². The molecule has 0 bridgehead atoms. The van der Waals surface area contributed by atoms with Gasteiger partial charge in [0.1, 0.15) is 0 Å². The van der Waals surface area contributed by atoms with Gasteiger partial charge in [-0.25, -0.2) is 13.4 Å². The first-order valence-electron chi connectivity index (χ1n) is 12.7. The van der Waals surface area contributed by atoms with Crippen LogP contribution in [0.5, 0.6) is 0 Å². The first kappa shape index (κ1) is 25.5. The van der Waals surface area contributed by atoms with Gasteiger partial charge in [0.05, 0.1) is 27.4 Å².